The number of allylic oxidation sites excluding steroid dienone is 8. The van der Waals surface area contributed by atoms with Crippen LogP contribution in [-0.4, -0.2) is 4.57 Å². The first-order chi connectivity index (χ1) is 34.0. The van der Waals surface area contributed by atoms with Crippen molar-refractivity contribution in [3.63, 3.8) is 0 Å². The van der Waals surface area contributed by atoms with E-state index in [9.17, 15) is 0 Å². The summed E-state index contributed by atoms with van der Waals surface area (Å²) < 4.78 is 2.58. The Morgan fingerprint density at radius 3 is 1.77 bits per heavy atom. The highest BCUT2D eigenvalue weighted by Crippen LogP contribution is 2.56. The molecule has 2 unspecified atom stereocenters. The highest BCUT2D eigenvalue weighted by Gasteiger charge is 2.41. The Bertz CT molecular complexity index is 3570. The maximum Gasteiger partial charge on any atom is 0.0538 e. The van der Waals surface area contributed by atoms with E-state index in [1.165, 1.54) is 102 Å². The highest BCUT2D eigenvalue weighted by molar-refractivity contribution is 6.03. The van der Waals surface area contributed by atoms with Crippen LogP contribution in [0.4, 0.5) is 17.1 Å². The zero-order valence-corrected chi connectivity index (χ0v) is 39.2. The van der Waals surface area contributed by atoms with E-state index in [4.69, 9.17) is 0 Å². The lowest BCUT2D eigenvalue weighted by Gasteiger charge is -2.41. The molecule has 1 aromatic heterocycles. The lowest BCUT2D eigenvalue weighted by Crippen LogP contribution is -2.28. The van der Waals surface area contributed by atoms with Gasteiger partial charge in [-0.2, -0.15) is 0 Å². The van der Waals surface area contributed by atoms with E-state index in [1.54, 1.807) is 16.7 Å². The molecule has 14 rings (SSSR count). The van der Waals surface area contributed by atoms with Gasteiger partial charge in [0.05, 0.1) is 5.52 Å². The summed E-state index contributed by atoms with van der Waals surface area (Å²) in [4.78, 5) is 2.42. The molecule has 0 bridgehead atoms. The fourth-order valence-corrected chi connectivity index (χ4v) is 12.8. The third kappa shape index (κ3) is 6.31. The SMILES string of the molecule is CC1(C)c2cc(-c3ccc4c(c3)c3c(n4-c4ccccc4)CC4CCC5=C6C4=C3C=CC6CC=C5)ccc2-c2ccc(N(c3ccc(-c4ccccc4)cc3)c3ccc(-c4ccccc4)cc3)cc21. The number of hydrogen-bond donors (Lipinski definition) is 0. The van der Waals surface area contributed by atoms with Gasteiger partial charge in [-0.15, -0.1) is 0 Å². The first-order valence-corrected chi connectivity index (χ1v) is 24.9. The molecular weight excluding hydrogens is 833 g/mol. The van der Waals surface area contributed by atoms with E-state index in [1.807, 2.05) is 0 Å². The van der Waals surface area contributed by atoms with Gasteiger partial charge in [-0.25, -0.2) is 0 Å². The lowest BCUT2D eigenvalue weighted by molar-refractivity contribution is 0.505. The minimum Gasteiger partial charge on any atom is -0.313 e. The first-order valence-electron chi connectivity index (χ1n) is 24.9. The van der Waals surface area contributed by atoms with Crippen LogP contribution < -0.4 is 4.90 Å². The van der Waals surface area contributed by atoms with Gasteiger partial charge < -0.3 is 9.47 Å². The molecule has 9 aromatic rings. The molecule has 0 fully saturated rings. The molecule has 0 aliphatic heterocycles. The molecule has 1 heterocycles. The largest absolute Gasteiger partial charge is 0.313 e. The fourth-order valence-electron chi connectivity index (χ4n) is 12.8. The van der Waals surface area contributed by atoms with Crippen molar-refractivity contribution in [3.05, 3.63) is 258 Å². The second-order valence-electron chi connectivity index (χ2n) is 20.3. The van der Waals surface area contributed by atoms with Crippen molar-refractivity contribution in [2.75, 3.05) is 4.90 Å². The van der Waals surface area contributed by atoms with E-state index in [2.05, 4.69) is 242 Å². The Labute approximate surface area is 405 Å². The summed E-state index contributed by atoms with van der Waals surface area (Å²) in [5, 5.41) is 1.36. The normalized spacial score (nSPS) is 17.9. The van der Waals surface area contributed by atoms with Gasteiger partial charge in [-0.3, -0.25) is 0 Å². The van der Waals surface area contributed by atoms with Crippen LogP contribution in [0.5, 0.6) is 0 Å². The molecule has 2 heteroatoms. The Hall–Kier alpha value is -7.94. The van der Waals surface area contributed by atoms with Crippen LogP contribution in [0.2, 0.25) is 0 Å². The van der Waals surface area contributed by atoms with Crippen molar-refractivity contribution < 1.29 is 0 Å². The Morgan fingerprint density at radius 1 is 0.522 bits per heavy atom. The Kier molecular flexibility index (Phi) is 9.05. The molecule has 0 amide bonds. The van der Waals surface area contributed by atoms with Crippen LogP contribution >= 0.6 is 0 Å². The average molecular weight is 885 g/mol. The standard InChI is InChI=1S/C67H52N2/c1-67(2)60-40-50(49-29-38-62-59(39-49)66-58-36-27-48-18-12-17-47-21-22-51(65(58)64(47)48)41-63(66)69(62)52-19-10-5-11-20-52)28-35-56(60)57-37-34-55(42-61(57)67)68(53-30-23-45(24-31-53)43-13-6-3-7-14-43)54-32-25-46(26-33-54)44-15-8-4-9-16-44/h3-17,19-20,23-40,42,48,51H,18,21-22,41H2,1-2H3. The number of aromatic nitrogens is 1. The summed E-state index contributed by atoms with van der Waals surface area (Å²) in [7, 11) is 0. The molecule has 0 N–H and O–H groups in total. The average Bonchev–Trinajstić information content (AvgIpc) is 3.85. The maximum atomic E-state index is 2.58. The molecule has 69 heavy (non-hydrogen) atoms. The molecule has 0 saturated carbocycles. The third-order valence-electron chi connectivity index (χ3n) is 16.2. The van der Waals surface area contributed by atoms with E-state index in [0.717, 1.165) is 29.9 Å². The molecule has 8 aromatic carbocycles. The van der Waals surface area contributed by atoms with Crippen molar-refractivity contribution in [3.8, 4) is 50.2 Å². The minimum atomic E-state index is -0.220. The van der Waals surface area contributed by atoms with Gasteiger partial charge in [0.2, 0.25) is 0 Å². The molecule has 5 aliphatic rings. The molecule has 5 aliphatic carbocycles. The predicted octanol–water partition coefficient (Wildman–Crippen LogP) is 17.6. The quantitative estimate of drug-likeness (QED) is 0.155. The van der Waals surface area contributed by atoms with Gasteiger partial charge in [0.25, 0.3) is 0 Å². The van der Waals surface area contributed by atoms with Gasteiger partial charge in [-0.05, 0) is 176 Å². The predicted molar refractivity (Wildman–Crippen MR) is 289 cm³/mol. The van der Waals surface area contributed by atoms with Crippen molar-refractivity contribution in [1.29, 1.82) is 0 Å². The molecular formula is C67H52N2. The van der Waals surface area contributed by atoms with Crippen molar-refractivity contribution in [1.82, 2.24) is 4.57 Å². The maximum absolute atomic E-state index is 2.58. The van der Waals surface area contributed by atoms with Crippen LogP contribution in [-0.2, 0) is 11.8 Å². The summed E-state index contributed by atoms with van der Waals surface area (Å²) in [5.41, 5.74) is 27.7. The fraction of sp³-hybridized carbons (Fsp3) is 0.134. The van der Waals surface area contributed by atoms with Gasteiger partial charge in [0.1, 0.15) is 0 Å². The summed E-state index contributed by atoms with van der Waals surface area (Å²) in [5.74, 6) is 1.08. The number of anilines is 3. The molecule has 2 atom stereocenters. The molecule has 0 radical (unpaired) electrons. The molecule has 0 spiro atoms. The lowest BCUT2D eigenvalue weighted by atomic mass is 9.64. The van der Waals surface area contributed by atoms with Crippen LogP contribution in [0.3, 0.4) is 0 Å². The summed E-state index contributed by atoms with van der Waals surface area (Å²) in [6.07, 6.45) is 14.5. The summed E-state index contributed by atoms with van der Waals surface area (Å²) in [6, 6.07) is 72.1. The van der Waals surface area contributed by atoms with Crippen LogP contribution in [0.25, 0.3) is 66.7 Å². The molecule has 330 valence electrons. The second-order valence-corrected chi connectivity index (χ2v) is 20.3. The zero-order chi connectivity index (χ0) is 45.8. The number of fused-ring (bicyclic) bond motifs is 7. The van der Waals surface area contributed by atoms with E-state index in [-0.39, 0.29) is 5.41 Å². The third-order valence-corrected chi connectivity index (χ3v) is 16.2. The number of benzene rings is 8. The number of nitrogens with zero attached hydrogens (tertiary/aromatic N) is 2. The molecule has 2 nitrogen and oxygen atoms in total. The number of para-hydroxylation sites is 1. The van der Waals surface area contributed by atoms with Gasteiger partial charge in [-0.1, -0.05) is 166 Å². The van der Waals surface area contributed by atoms with E-state index < -0.39 is 0 Å². The Morgan fingerprint density at radius 2 is 1.09 bits per heavy atom. The van der Waals surface area contributed by atoms with Crippen molar-refractivity contribution in [2.45, 2.75) is 44.9 Å². The van der Waals surface area contributed by atoms with Crippen LogP contribution in [0.15, 0.2) is 235 Å². The van der Waals surface area contributed by atoms with Crippen LogP contribution in [0.1, 0.15) is 55.5 Å². The Balaban J connectivity index is 0.864. The summed E-state index contributed by atoms with van der Waals surface area (Å²) >= 11 is 0. The second kappa shape index (κ2) is 15.6. The van der Waals surface area contributed by atoms with Crippen LogP contribution in [0, 0.1) is 11.8 Å². The number of rotatable bonds is 7. The van der Waals surface area contributed by atoms with Crippen molar-refractivity contribution >= 4 is 33.5 Å². The van der Waals surface area contributed by atoms with E-state index in [0.29, 0.717) is 11.8 Å². The molecule has 0 saturated heterocycles. The first kappa shape index (κ1) is 40.2. The van der Waals surface area contributed by atoms with Gasteiger partial charge in [0, 0.05) is 50.7 Å². The smallest absolute Gasteiger partial charge is 0.0538 e. The van der Waals surface area contributed by atoms with Gasteiger partial charge >= 0.3 is 0 Å². The van der Waals surface area contributed by atoms with Crippen molar-refractivity contribution in [2.24, 2.45) is 11.8 Å². The van der Waals surface area contributed by atoms with Gasteiger partial charge in [0.15, 0.2) is 0 Å². The number of hydrogen-bond acceptors (Lipinski definition) is 1. The van der Waals surface area contributed by atoms with E-state index >= 15 is 0 Å². The minimum absolute atomic E-state index is 0.220. The topological polar surface area (TPSA) is 8.17 Å². The monoisotopic (exact) mass is 884 g/mol. The zero-order valence-electron chi connectivity index (χ0n) is 39.2. The highest BCUT2D eigenvalue weighted by atomic mass is 15.1. The summed E-state index contributed by atoms with van der Waals surface area (Å²) in [6.45, 7) is 4.83.